The molecule has 6 heteroatoms. The molecule has 0 saturated carbocycles. The average molecular weight is 386 g/mol. The van der Waals surface area contributed by atoms with Gasteiger partial charge in [-0.1, -0.05) is 17.2 Å². The fourth-order valence-electron chi connectivity index (χ4n) is 4.50. The molecule has 152 valence electrons. The number of aliphatic carboxylic acids is 1. The van der Waals surface area contributed by atoms with Gasteiger partial charge in [0.05, 0.1) is 11.3 Å². The number of aryl methyl sites for hydroxylation is 2. The number of rotatable bonds is 3. The lowest BCUT2D eigenvalue weighted by molar-refractivity contribution is -0.154. The van der Waals surface area contributed by atoms with Crippen LogP contribution in [0.3, 0.4) is 0 Å². The van der Waals surface area contributed by atoms with Crippen molar-refractivity contribution in [2.45, 2.75) is 46.5 Å². The van der Waals surface area contributed by atoms with E-state index in [9.17, 15) is 19.5 Å². The van der Waals surface area contributed by atoms with E-state index in [1.165, 1.54) is 0 Å². The average Bonchev–Trinajstić information content (AvgIpc) is 2.66. The zero-order valence-corrected chi connectivity index (χ0v) is 17.0. The highest BCUT2D eigenvalue weighted by molar-refractivity contribution is 5.95. The molecule has 2 fully saturated rings. The summed E-state index contributed by atoms with van der Waals surface area (Å²) < 4.78 is 0. The maximum Gasteiger partial charge on any atom is 0.311 e. The standard InChI is InChI=1S/C22H30N2O4/c1-15-10-16(2)12-18(11-15)20(26)23-8-4-6-17(13-23)19(25)24-9-5-7-22(3,14-24)21(27)28/h10-12,17H,4-9,13-14H2,1-3H3,(H,27,28). The number of hydrogen-bond donors (Lipinski definition) is 1. The SMILES string of the molecule is Cc1cc(C)cc(C(=O)N2CCCC(C(=O)N3CCCC(C)(C(=O)O)C3)C2)c1. The molecule has 2 aliphatic rings. The number of benzene rings is 1. The smallest absolute Gasteiger partial charge is 0.311 e. The summed E-state index contributed by atoms with van der Waals surface area (Å²) in [4.78, 5) is 41.1. The maximum atomic E-state index is 13.1. The van der Waals surface area contributed by atoms with E-state index in [1.54, 1.807) is 16.7 Å². The van der Waals surface area contributed by atoms with Crippen molar-refractivity contribution in [3.05, 3.63) is 34.9 Å². The Hall–Kier alpha value is -2.37. The van der Waals surface area contributed by atoms with Crippen molar-refractivity contribution in [1.82, 2.24) is 9.80 Å². The topological polar surface area (TPSA) is 77.9 Å². The van der Waals surface area contributed by atoms with Crippen LogP contribution in [0.1, 0.15) is 54.1 Å². The molecule has 0 aromatic heterocycles. The quantitative estimate of drug-likeness (QED) is 0.866. The molecule has 2 amide bonds. The number of hydrogen-bond acceptors (Lipinski definition) is 3. The minimum atomic E-state index is -0.878. The van der Waals surface area contributed by atoms with Crippen LogP contribution in [-0.4, -0.2) is 58.9 Å². The number of carbonyl (C=O) groups is 3. The molecule has 0 bridgehead atoms. The Balaban J connectivity index is 1.69. The van der Waals surface area contributed by atoms with Crippen LogP contribution in [0.15, 0.2) is 18.2 Å². The van der Waals surface area contributed by atoms with Crippen molar-refractivity contribution >= 4 is 17.8 Å². The van der Waals surface area contributed by atoms with Gasteiger partial charge in [0.2, 0.25) is 5.91 Å². The van der Waals surface area contributed by atoms with Crippen molar-refractivity contribution in [3.63, 3.8) is 0 Å². The largest absolute Gasteiger partial charge is 0.481 e. The van der Waals surface area contributed by atoms with Gasteiger partial charge in [0, 0.05) is 31.7 Å². The first kappa shape index (κ1) is 20.4. The molecular weight excluding hydrogens is 356 g/mol. The minimum absolute atomic E-state index is 0.00917. The third-order valence-electron chi connectivity index (χ3n) is 6.05. The van der Waals surface area contributed by atoms with Gasteiger partial charge in [0.25, 0.3) is 5.91 Å². The highest BCUT2D eigenvalue weighted by atomic mass is 16.4. The van der Waals surface area contributed by atoms with Crippen molar-refractivity contribution in [1.29, 1.82) is 0 Å². The summed E-state index contributed by atoms with van der Waals surface area (Å²) >= 11 is 0. The highest BCUT2D eigenvalue weighted by Gasteiger charge is 2.41. The molecule has 1 N–H and O–H groups in total. The van der Waals surface area contributed by atoms with Gasteiger partial charge in [-0.25, -0.2) is 0 Å². The van der Waals surface area contributed by atoms with Gasteiger partial charge in [-0.15, -0.1) is 0 Å². The molecule has 2 aliphatic heterocycles. The van der Waals surface area contributed by atoms with E-state index in [-0.39, 0.29) is 24.3 Å². The van der Waals surface area contributed by atoms with Crippen molar-refractivity contribution in [3.8, 4) is 0 Å². The van der Waals surface area contributed by atoms with Crippen LogP contribution in [0, 0.1) is 25.2 Å². The maximum absolute atomic E-state index is 13.1. The molecule has 2 unspecified atom stereocenters. The fourth-order valence-corrected chi connectivity index (χ4v) is 4.50. The van der Waals surface area contributed by atoms with Crippen LogP contribution in [0.2, 0.25) is 0 Å². The summed E-state index contributed by atoms with van der Waals surface area (Å²) in [5.74, 6) is -1.14. The lowest BCUT2D eigenvalue weighted by Crippen LogP contribution is -2.52. The van der Waals surface area contributed by atoms with E-state index in [2.05, 4.69) is 0 Å². The molecule has 2 heterocycles. The van der Waals surface area contributed by atoms with Gasteiger partial charge in [-0.3, -0.25) is 14.4 Å². The van der Waals surface area contributed by atoms with E-state index >= 15 is 0 Å². The summed E-state index contributed by atoms with van der Waals surface area (Å²) in [6.45, 7) is 7.58. The first-order valence-electron chi connectivity index (χ1n) is 10.1. The van der Waals surface area contributed by atoms with Crippen LogP contribution < -0.4 is 0 Å². The van der Waals surface area contributed by atoms with E-state index in [0.717, 1.165) is 24.0 Å². The summed E-state index contributed by atoms with van der Waals surface area (Å²) in [6.07, 6.45) is 2.83. The molecule has 3 rings (SSSR count). The molecule has 0 spiro atoms. The Morgan fingerprint density at radius 3 is 2.32 bits per heavy atom. The second-order valence-electron chi connectivity index (χ2n) is 8.70. The summed E-state index contributed by atoms with van der Waals surface area (Å²) in [7, 11) is 0. The van der Waals surface area contributed by atoms with Gasteiger partial charge in [-0.2, -0.15) is 0 Å². The molecule has 2 saturated heterocycles. The summed E-state index contributed by atoms with van der Waals surface area (Å²) in [5.41, 5.74) is 1.89. The lowest BCUT2D eigenvalue weighted by Gasteiger charge is -2.41. The third-order valence-corrected chi connectivity index (χ3v) is 6.05. The first-order chi connectivity index (χ1) is 13.2. The number of nitrogens with zero attached hydrogens (tertiary/aromatic N) is 2. The molecule has 28 heavy (non-hydrogen) atoms. The number of piperidine rings is 2. The van der Waals surface area contributed by atoms with Crippen molar-refractivity contribution in [2.24, 2.45) is 11.3 Å². The monoisotopic (exact) mass is 386 g/mol. The Morgan fingerprint density at radius 1 is 1.04 bits per heavy atom. The Labute approximate surface area is 166 Å². The molecule has 0 radical (unpaired) electrons. The van der Waals surface area contributed by atoms with E-state index in [4.69, 9.17) is 0 Å². The molecular formula is C22H30N2O4. The molecule has 2 atom stereocenters. The van der Waals surface area contributed by atoms with Gasteiger partial charge >= 0.3 is 5.97 Å². The highest BCUT2D eigenvalue weighted by Crippen LogP contribution is 2.31. The second-order valence-corrected chi connectivity index (χ2v) is 8.70. The van der Waals surface area contributed by atoms with Gasteiger partial charge in [0.15, 0.2) is 0 Å². The molecule has 1 aromatic carbocycles. The second kappa shape index (κ2) is 7.94. The number of carboxylic acids is 1. The summed E-state index contributed by atoms with van der Waals surface area (Å²) in [6, 6.07) is 5.82. The number of carboxylic acid groups (broad SMARTS) is 1. The zero-order chi connectivity index (χ0) is 20.5. The van der Waals surface area contributed by atoms with Crippen LogP contribution in [0.5, 0.6) is 0 Å². The Morgan fingerprint density at radius 2 is 1.68 bits per heavy atom. The summed E-state index contributed by atoms with van der Waals surface area (Å²) in [5, 5.41) is 9.50. The van der Waals surface area contributed by atoms with E-state index in [0.29, 0.717) is 38.0 Å². The predicted molar refractivity (Wildman–Crippen MR) is 106 cm³/mol. The van der Waals surface area contributed by atoms with Gasteiger partial charge in [-0.05, 0) is 58.6 Å². The number of likely N-dealkylation sites (tertiary alicyclic amines) is 2. The number of amides is 2. The van der Waals surface area contributed by atoms with Gasteiger partial charge < -0.3 is 14.9 Å². The van der Waals surface area contributed by atoms with Crippen LogP contribution in [0.4, 0.5) is 0 Å². The Bertz CT molecular complexity index is 770. The predicted octanol–water partition coefficient (Wildman–Crippen LogP) is 2.87. The van der Waals surface area contributed by atoms with E-state index in [1.807, 2.05) is 32.0 Å². The fraction of sp³-hybridized carbons (Fsp3) is 0.591. The molecule has 1 aromatic rings. The number of carbonyl (C=O) groups excluding carboxylic acids is 2. The van der Waals surface area contributed by atoms with Crippen LogP contribution in [0.25, 0.3) is 0 Å². The zero-order valence-electron chi connectivity index (χ0n) is 17.0. The lowest BCUT2D eigenvalue weighted by atomic mass is 9.81. The first-order valence-corrected chi connectivity index (χ1v) is 10.1. The van der Waals surface area contributed by atoms with Crippen molar-refractivity contribution < 1.29 is 19.5 Å². The van der Waals surface area contributed by atoms with Gasteiger partial charge in [0.1, 0.15) is 0 Å². The van der Waals surface area contributed by atoms with Crippen LogP contribution in [-0.2, 0) is 9.59 Å². The van der Waals surface area contributed by atoms with E-state index < -0.39 is 11.4 Å². The molecule has 6 nitrogen and oxygen atoms in total. The third kappa shape index (κ3) is 4.21. The van der Waals surface area contributed by atoms with Crippen LogP contribution >= 0.6 is 0 Å². The Kier molecular flexibility index (Phi) is 5.77. The molecule has 0 aliphatic carbocycles. The minimum Gasteiger partial charge on any atom is -0.481 e. The van der Waals surface area contributed by atoms with Crippen molar-refractivity contribution in [2.75, 3.05) is 26.2 Å². The normalized spacial score (nSPS) is 25.5.